The quantitative estimate of drug-likeness (QED) is 0.113. The Hall–Kier alpha value is -3.20. The first-order valence-corrected chi connectivity index (χ1v) is 17.5. The lowest BCUT2D eigenvalue weighted by Crippen LogP contribution is -2.15. The molecule has 0 spiro atoms. The summed E-state index contributed by atoms with van der Waals surface area (Å²) in [5.41, 5.74) is 3.95. The molecular weight excluding hydrogens is 613 g/mol. The highest BCUT2D eigenvalue weighted by atomic mass is 33.1. The number of nitrogens with zero attached hydrogens (tertiary/aromatic N) is 6. The average Bonchev–Trinajstić information content (AvgIpc) is 3.61. The van der Waals surface area contributed by atoms with Gasteiger partial charge in [-0.3, -0.25) is 9.98 Å². The van der Waals surface area contributed by atoms with Gasteiger partial charge in [0.1, 0.15) is 0 Å². The minimum absolute atomic E-state index is 0.275. The summed E-state index contributed by atoms with van der Waals surface area (Å²) < 4.78 is 13.7. The minimum Gasteiger partial charge on any atom is -0.461 e. The van der Waals surface area contributed by atoms with Crippen molar-refractivity contribution in [2.45, 2.75) is 27.7 Å². The van der Waals surface area contributed by atoms with E-state index in [1.807, 2.05) is 62.4 Å². The highest BCUT2D eigenvalue weighted by molar-refractivity contribution is 8.76. The first-order chi connectivity index (χ1) is 20.4. The number of esters is 2. The van der Waals surface area contributed by atoms with E-state index in [9.17, 15) is 9.59 Å². The van der Waals surface area contributed by atoms with Gasteiger partial charge in [-0.15, -0.1) is 10.2 Å². The highest BCUT2D eigenvalue weighted by Crippen LogP contribution is 2.20. The molecule has 0 saturated heterocycles. The maximum absolute atomic E-state index is 12.3. The van der Waals surface area contributed by atoms with Crippen LogP contribution < -0.4 is 9.60 Å². The van der Waals surface area contributed by atoms with E-state index < -0.39 is 11.9 Å². The second-order valence-corrected chi connectivity index (χ2v) is 13.3. The number of hydrogen-bond acceptors (Lipinski definition) is 12. The molecule has 222 valence electrons. The lowest BCUT2D eigenvalue weighted by molar-refractivity contribution is 0.0515. The largest absolute Gasteiger partial charge is 0.461 e. The van der Waals surface area contributed by atoms with Crippen molar-refractivity contribution in [3.05, 3.63) is 79.3 Å². The Balaban J connectivity index is 1.37. The van der Waals surface area contributed by atoms with Crippen LogP contribution in [-0.4, -0.2) is 69.3 Å². The van der Waals surface area contributed by atoms with Crippen molar-refractivity contribution < 1.29 is 19.1 Å². The second-order valence-electron chi connectivity index (χ2n) is 8.72. The molecule has 0 atom stereocenters. The Morgan fingerprint density at radius 1 is 0.714 bits per heavy atom. The number of carbonyl (C=O) groups is 2. The summed E-state index contributed by atoms with van der Waals surface area (Å²) in [7, 11) is 3.41. The summed E-state index contributed by atoms with van der Waals surface area (Å²) in [4.78, 5) is 35.3. The Bertz CT molecular complexity index is 1500. The van der Waals surface area contributed by atoms with Crippen LogP contribution in [0.1, 0.15) is 44.6 Å². The molecule has 2 heterocycles. The van der Waals surface area contributed by atoms with E-state index >= 15 is 0 Å². The van der Waals surface area contributed by atoms with Crippen molar-refractivity contribution in [1.29, 1.82) is 0 Å². The fourth-order valence-electron chi connectivity index (χ4n) is 3.50. The molecule has 0 radical (unpaired) electrons. The average molecular weight is 645 g/mol. The van der Waals surface area contributed by atoms with Crippen LogP contribution in [0.5, 0.6) is 0 Å². The maximum Gasteiger partial charge on any atom is 0.369 e. The minimum atomic E-state index is -0.447. The molecule has 4 aromatic rings. The normalized spacial score (nSPS) is 12.1. The predicted molar refractivity (Wildman–Crippen MR) is 170 cm³/mol. The monoisotopic (exact) mass is 644 g/mol. The zero-order valence-corrected chi connectivity index (χ0v) is 27.1. The van der Waals surface area contributed by atoms with Crippen molar-refractivity contribution in [2.24, 2.45) is 9.98 Å². The van der Waals surface area contributed by atoms with Crippen molar-refractivity contribution in [3.8, 4) is 11.4 Å². The van der Waals surface area contributed by atoms with Gasteiger partial charge >= 0.3 is 11.9 Å². The van der Waals surface area contributed by atoms with Gasteiger partial charge in [0.2, 0.25) is 19.6 Å². The van der Waals surface area contributed by atoms with Gasteiger partial charge in [0, 0.05) is 11.5 Å². The van der Waals surface area contributed by atoms with E-state index in [0.29, 0.717) is 22.7 Å². The van der Waals surface area contributed by atoms with Gasteiger partial charge in [-0.05, 0) is 52.0 Å². The lowest BCUT2D eigenvalue weighted by Gasteiger charge is -2.02. The van der Waals surface area contributed by atoms with Crippen LogP contribution in [0.15, 0.2) is 58.5 Å². The molecule has 0 aliphatic carbocycles. The lowest BCUT2D eigenvalue weighted by atomic mass is 10.2. The SMILES string of the molecule is CCOC(=O)c1nn(-c2ccc(C)cc2)c(=NCCSSCCN=c2sc(C(=O)OCC)nn2-c2ccc(C)cc2)s1. The summed E-state index contributed by atoms with van der Waals surface area (Å²) in [6.45, 7) is 9.29. The van der Waals surface area contributed by atoms with Gasteiger partial charge < -0.3 is 9.47 Å². The van der Waals surface area contributed by atoms with E-state index in [-0.39, 0.29) is 23.2 Å². The number of carbonyl (C=O) groups excluding carboxylic acids is 2. The molecule has 2 aromatic carbocycles. The van der Waals surface area contributed by atoms with Crippen LogP contribution in [0.25, 0.3) is 11.4 Å². The molecule has 42 heavy (non-hydrogen) atoms. The van der Waals surface area contributed by atoms with Crippen LogP contribution in [-0.2, 0) is 9.47 Å². The van der Waals surface area contributed by atoms with E-state index in [1.54, 1.807) is 44.8 Å². The number of aromatic nitrogens is 4. The topological polar surface area (TPSA) is 113 Å². The van der Waals surface area contributed by atoms with Crippen LogP contribution in [0, 0.1) is 13.8 Å². The number of rotatable bonds is 13. The van der Waals surface area contributed by atoms with E-state index in [0.717, 1.165) is 34.0 Å². The van der Waals surface area contributed by atoms with Crippen LogP contribution in [0.4, 0.5) is 0 Å². The molecule has 0 bridgehead atoms. The van der Waals surface area contributed by atoms with E-state index in [1.165, 1.54) is 22.7 Å². The number of hydrogen-bond donors (Lipinski definition) is 0. The van der Waals surface area contributed by atoms with Gasteiger partial charge in [-0.25, -0.2) is 19.0 Å². The van der Waals surface area contributed by atoms with Crippen molar-refractivity contribution in [1.82, 2.24) is 19.6 Å². The zero-order valence-electron chi connectivity index (χ0n) is 23.8. The third-order valence-corrected chi connectivity index (χ3v) is 9.72. The number of aryl methyl sites for hydroxylation is 2. The summed E-state index contributed by atoms with van der Waals surface area (Å²) in [5.74, 6) is 0.666. The second kappa shape index (κ2) is 15.9. The Morgan fingerprint density at radius 3 is 1.45 bits per heavy atom. The van der Waals surface area contributed by atoms with Gasteiger partial charge in [-0.2, -0.15) is 0 Å². The van der Waals surface area contributed by atoms with Crippen LogP contribution in [0.3, 0.4) is 0 Å². The van der Waals surface area contributed by atoms with Gasteiger partial charge in [0.25, 0.3) is 0 Å². The maximum atomic E-state index is 12.3. The summed E-state index contributed by atoms with van der Waals surface area (Å²) in [6, 6.07) is 15.8. The molecule has 4 rings (SSSR count). The first kappa shape index (κ1) is 31.7. The molecule has 0 fully saturated rings. The Kier molecular flexibility index (Phi) is 12.0. The molecule has 2 aromatic heterocycles. The Morgan fingerprint density at radius 2 is 1.10 bits per heavy atom. The van der Waals surface area contributed by atoms with Crippen LogP contribution >= 0.6 is 44.3 Å². The zero-order chi connectivity index (χ0) is 29.9. The number of ether oxygens (including phenoxy) is 2. The molecular formula is C28H32N6O4S4. The molecule has 0 saturated carbocycles. The van der Waals surface area contributed by atoms with Crippen molar-refractivity contribution in [2.75, 3.05) is 37.8 Å². The van der Waals surface area contributed by atoms with Gasteiger partial charge in [0.05, 0.1) is 37.7 Å². The van der Waals surface area contributed by atoms with Crippen molar-refractivity contribution >= 4 is 56.2 Å². The van der Waals surface area contributed by atoms with E-state index in [2.05, 4.69) is 10.2 Å². The molecule has 0 amide bonds. The fourth-order valence-corrected chi connectivity index (χ4v) is 6.87. The molecule has 14 heteroatoms. The predicted octanol–water partition coefficient (Wildman–Crippen LogP) is 5.03. The van der Waals surface area contributed by atoms with E-state index in [4.69, 9.17) is 19.5 Å². The summed E-state index contributed by atoms with van der Waals surface area (Å²) >= 11 is 2.45. The standard InChI is InChI=1S/C28H32N6O4S4/c1-5-37-25(35)23-31-33(21-11-7-19(3)8-12-21)27(41-23)29-15-17-39-40-18-16-30-28-34(22-13-9-20(4)10-14-22)32-24(42-28)26(36)38-6-2/h7-14H,5-6,15-18H2,1-4H3. The highest BCUT2D eigenvalue weighted by Gasteiger charge is 2.16. The third kappa shape index (κ3) is 8.66. The summed E-state index contributed by atoms with van der Waals surface area (Å²) in [6.07, 6.45) is 0. The first-order valence-electron chi connectivity index (χ1n) is 13.3. The fraction of sp³-hybridized carbons (Fsp3) is 0.357. The molecule has 0 aliphatic rings. The van der Waals surface area contributed by atoms with Gasteiger partial charge in [0.15, 0.2) is 0 Å². The third-order valence-electron chi connectivity index (χ3n) is 5.50. The van der Waals surface area contributed by atoms with Crippen molar-refractivity contribution in [3.63, 3.8) is 0 Å². The molecule has 0 unspecified atom stereocenters. The van der Waals surface area contributed by atoms with Crippen LogP contribution in [0.2, 0.25) is 0 Å². The summed E-state index contributed by atoms with van der Waals surface area (Å²) in [5, 5.41) is 9.47. The molecule has 0 aliphatic heterocycles. The number of benzene rings is 2. The smallest absolute Gasteiger partial charge is 0.369 e. The molecule has 0 N–H and O–H groups in total. The molecule has 10 nitrogen and oxygen atoms in total. The van der Waals surface area contributed by atoms with Gasteiger partial charge in [-0.1, -0.05) is 79.7 Å². The Labute approximate surface area is 259 Å².